The number of nitriles is 1. The van der Waals surface area contributed by atoms with Crippen molar-refractivity contribution in [1.29, 1.82) is 5.26 Å². The molecule has 1 saturated carbocycles. The molecule has 1 amide bonds. The number of hydrogen-bond acceptors (Lipinski definition) is 5. The van der Waals surface area contributed by atoms with Gasteiger partial charge >= 0.3 is 5.97 Å². The van der Waals surface area contributed by atoms with Crippen molar-refractivity contribution in [2.24, 2.45) is 0 Å². The molecule has 0 atom stereocenters. The van der Waals surface area contributed by atoms with Crippen LogP contribution in [0.5, 0.6) is 5.75 Å². The normalized spacial score (nSPS) is 13.6. The number of hydrogen-bond donors (Lipinski definition) is 1. The number of esters is 1. The predicted octanol–water partition coefficient (Wildman–Crippen LogP) is 4.81. The van der Waals surface area contributed by atoms with E-state index < -0.39 is 18.5 Å². The minimum Gasteiger partial charge on any atom is -0.482 e. The van der Waals surface area contributed by atoms with Crippen LogP contribution in [-0.4, -0.2) is 29.7 Å². The number of nitrogens with one attached hydrogen (secondary N) is 1. The Morgan fingerprint density at radius 1 is 1.09 bits per heavy atom. The number of nitrogens with zero attached hydrogens (tertiary/aromatic N) is 2. The summed E-state index contributed by atoms with van der Waals surface area (Å²) in [7, 11) is 0. The number of fused-ring (bicyclic) bond motifs is 1. The van der Waals surface area contributed by atoms with Gasteiger partial charge in [-0.2, -0.15) is 5.26 Å². The highest BCUT2D eigenvalue weighted by molar-refractivity contribution is 5.94. The summed E-state index contributed by atoms with van der Waals surface area (Å²) in [5, 5.41) is 14.5. The van der Waals surface area contributed by atoms with Crippen LogP contribution in [0.3, 0.4) is 0 Å². The molecular weight excluding hydrogens is 418 g/mol. The third-order valence-corrected chi connectivity index (χ3v) is 6.26. The van der Waals surface area contributed by atoms with Crippen molar-refractivity contribution in [1.82, 2.24) is 4.57 Å². The van der Waals surface area contributed by atoms with E-state index in [9.17, 15) is 14.9 Å². The lowest BCUT2D eigenvalue weighted by molar-refractivity contribution is -0.149. The highest BCUT2D eigenvalue weighted by Crippen LogP contribution is 2.37. The maximum atomic E-state index is 12.5. The molecule has 2 aromatic carbocycles. The van der Waals surface area contributed by atoms with Crippen molar-refractivity contribution in [3.63, 3.8) is 0 Å². The first-order chi connectivity index (χ1) is 16.0. The van der Waals surface area contributed by atoms with Crippen LogP contribution in [0.4, 0.5) is 5.82 Å². The third kappa shape index (κ3) is 4.85. The predicted molar refractivity (Wildman–Crippen MR) is 125 cm³/mol. The summed E-state index contributed by atoms with van der Waals surface area (Å²) < 4.78 is 12.7. The highest BCUT2D eigenvalue weighted by atomic mass is 16.6. The van der Waals surface area contributed by atoms with Crippen molar-refractivity contribution in [2.45, 2.75) is 45.6 Å². The molecule has 7 heteroatoms. The average Bonchev–Trinajstić information content (AvgIpc) is 3.43. The molecule has 33 heavy (non-hydrogen) atoms. The van der Waals surface area contributed by atoms with Gasteiger partial charge in [0.2, 0.25) is 0 Å². The molecular formula is C26H27N3O4. The van der Waals surface area contributed by atoms with Gasteiger partial charge in [-0.1, -0.05) is 43.2 Å². The summed E-state index contributed by atoms with van der Waals surface area (Å²) in [5.74, 6) is -0.0818. The largest absolute Gasteiger partial charge is 0.482 e. The number of ether oxygens (including phenoxy) is 2. The second-order valence-electron chi connectivity index (χ2n) is 8.36. The van der Waals surface area contributed by atoms with E-state index in [2.05, 4.69) is 16.0 Å². The average molecular weight is 446 g/mol. The molecule has 0 radical (unpaired) electrons. The van der Waals surface area contributed by atoms with Gasteiger partial charge in [0.1, 0.15) is 17.6 Å². The Bertz CT molecular complexity index is 1230. The van der Waals surface area contributed by atoms with E-state index in [1.54, 1.807) is 6.07 Å². The van der Waals surface area contributed by atoms with Gasteiger partial charge in [0, 0.05) is 11.7 Å². The SMILES string of the molecule is Cc1c(C#N)c(NC(=O)COC(=O)COc2ccc3ccccc3c2)n(C2CCCC2)c1C. The molecule has 0 spiro atoms. The molecule has 1 aliphatic carbocycles. The second-order valence-corrected chi connectivity index (χ2v) is 8.36. The molecule has 0 bridgehead atoms. The lowest BCUT2D eigenvalue weighted by Crippen LogP contribution is -2.25. The number of aromatic nitrogens is 1. The van der Waals surface area contributed by atoms with Crippen LogP contribution in [0.2, 0.25) is 0 Å². The Labute approximate surface area is 192 Å². The maximum absolute atomic E-state index is 12.5. The van der Waals surface area contributed by atoms with Crippen molar-refractivity contribution >= 4 is 28.5 Å². The van der Waals surface area contributed by atoms with E-state index in [0.29, 0.717) is 17.1 Å². The third-order valence-electron chi connectivity index (χ3n) is 6.26. The van der Waals surface area contributed by atoms with Crippen LogP contribution >= 0.6 is 0 Å². The van der Waals surface area contributed by atoms with E-state index in [1.807, 2.05) is 50.2 Å². The molecule has 1 N–H and O–H groups in total. The zero-order valence-corrected chi connectivity index (χ0v) is 18.9. The van der Waals surface area contributed by atoms with Gasteiger partial charge in [-0.3, -0.25) is 4.79 Å². The van der Waals surface area contributed by atoms with Crippen LogP contribution in [-0.2, 0) is 14.3 Å². The zero-order valence-electron chi connectivity index (χ0n) is 18.9. The summed E-state index contributed by atoms with van der Waals surface area (Å²) in [6.45, 7) is 3.11. The molecule has 1 aliphatic rings. The standard InChI is InChI=1S/C26H27N3O4/c1-17-18(2)29(21-9-5-6-10-21)26(23(17)14-27)28-24(30)15-33-25(31)16-32-22-12-11-19-7-3-4-8-20(19)13-22/h3-4,7-8,11-13,21H,5-6,9-10,15-16H2,1-2H3,(H,28,30). The van der Waals surface area contributed by atoms with Crippen LogP contribution in [0, 0.1) is 25.2 Å². The maximum Gasteiger partial charge on any atom is 0.344 e. The number of rotatable bonds is 7. The number of benzene rings is 2. The van der Waals surface area contributed by atoms with Gasteiger partial charge in [0.25, 0.3) is 5.91 Å². The van der Waals surface area contributed by atoms with E-state index in [0.717, 1.165) is 47.7 Å². The molecule has 0 saturated heterocycles. The van der Waals surface area contributed by atoms with Crippen molar-refractivity contribution in [3.05, 3.63) is 59.3 Å². The summed E-state index contributed by atoms with van der Waals surface area (Å²) in [4.78, 5) is 24.7. The van der Waals surface area contributed by atoms with Crippen molar-refractivity contribution in [3.8, 4) is 11.8 Å². The Kier molecular flexibility index (Phi) is 6.64. The monoisotopic (exact) mass is 445 g/mol. The first-order valence-electron chi connectivity index (χ1n) is 11.2. The lowest BCUT2D eigenvalue weighted by Gasteiger charge is -2.19. The topological polar surface area (TPSA) is 93.3 Å². The quantitative estimate of drug-likeness (QED) is 0.527. The molecule has 0 aliphatic heterocycles. The fourth-order valence-electron chi connectivity index (χ4n) is 4.46. The minimum absolute atomic E-state index is 0.263. The van der Waals surface area contributed by atoms with Crippen LogP contribution in [0.25, 0.3) is 10.8 Å². The Morgan fingerprint density at radius 2 is 1.82 bits per heavy atom. The van der Waals surface area contributed by atoms with Crippen molar-refractivity contribution in [2.75, 3.05) is 18.5 Å². The lowest BCUT2D eigenvalue weighted by atomic mass is 10.1. The number of carbonyl (C=O) groups is 2. The summed E-state index contributed by atoms with van der Waals surface area (Å²) in [6, 6.07) is 15.9. The van der Waals surface area contributed by atoms with Gasteiger partial charge in [-0.25, -0.2) is 4.79 Å². The molecule has 3 aromatic rings. The van der Waals surface area contributed by atoms with Gasteiger partial charge in [0.05, 0.1) is 5.56 Å². The second kappa shape index (κ2) is 9.78. The summed E-state index contributed by atoms with van der Waals surface area (Å²) in [5.41, 5.74) is 2.30. The molecule has 0 unspecified atom stereocenters. The fourth-order valence-corrected chi connectivity index (χ4v) is 4.46. The highest BCUT2D eigenvalue weighted by Gasteiger charge is 2.26. The first-order valence-corrected chi connectivity index (χ1v) is 11.2. The number of amides is 1. The Hall–Kier alpha value is -3.79. The zero-order chi connectivity index (χ0) is 23.4. The molecule has 7 nitrogen and oxygen atoms in total. The van der Waals surface area contributed by atoms with Crippen LogP contribution in [0.1, 0.15) is 48.5 Å². The molecule has 1 heterocycles. The molecule has 170 valence electrons. The number of carbonyl (C=O) groups excluding carboxylic acids is 2. The Morgan fingerprint density at radius 3 is 2.55 bits per heavy atom. The molecule has 1 aromatic heterocycles. The van der Waals surface area contributed by atoms with Crippen LogP contribution in [0.15, 0.2) is 42.5 Å². The summed E-state index contributed by atoms with van der Waals surface area (Å²) >= 11 is 0. The van der Waals surface area contributed by atoms with Gasteiger partial charge in [-0.15, -0.1) is 0 Å². The van der Waals surface area contributed by atoms with E-state index in [4.69, 9.17) is 9.47 Å². The van der Waals surface area contributed by atoms with E-state index in [-0.39, 0.29) is 12.6 Å². The van der Waals surface area contributed by atoms with E-state index >= 15 is 0 Å². The smallest absolute Gasteiger partial charge is 0.344 e. The van der Waals surface area contributed by atoms with Gasteiger partial charge in [-0.05, 0) is 55.2 Å². The first kappa shape index (κ1) is 22.4. The summed E-state index contributed by atoms with van der Waals surface area (Å²) in [6.07, 6.45) is 4.30. The fraction of sp³-hybridized carbons (Fsp3) is 0.346. The van der Waals surface area contributed by atoms with Crippen LogP contribution < -0.4 is 10.1 Å². The van der Waals surface area contributed by atoms with Gasteiger partial charge in [0.15, 0.2) is 13.2 Å². The van der Waals surface area contributed by atoms with Crippen molar-refractivity contribution < 1.29 is 19.1 Å². The minimum atomic E-state index is -0.641. The molecule has 4 rings (SSSR count). The molecule has 1 fully saturated rings. The Balaban J connectivity index is 1.35. The number of anilines is 1. The van der Waals surface area contributed by atoms with E-state index in [1.165, 1.54) is 0 Å². The van der Waals surface area contributed by atoms with Gasteiger partial charge < -0.3 is 19.4 Å².